The first-order valence-corrected chi connectivity index (χ1v) is 8.00. The lowest BCUT2D eigenvalue weighted by molar-refractivity contribution is 0.434. The Morgan fingerprint density at radius 3 is 2.11 bits per heavy atom. The molecule has 0 spiro atoms. The summed E-state index contributed by atoms with van der Waals surface area (Å²) in [5.74, 6) is 0. The minimum Gasteiger partial charge on any atom is -0.330 e. The summed E-state index contributed by atoms with van der Waals surface area (Å²) < 4.78 is 27.9. The minimum absolute atomic E-state index is 0.307. The highest BCUT2D eigenvalue weighted by atomic mass is 32.2. The van der Waals surface area contributed by atoms with Gasteiger partial charge in [0.15, 0.2) is 0 Å². The molecule has 6 heteroatoms. The van der Waals surface area contributed by atoms with E-state index in [1.807, 2.05) is 38.1 Å². The van der Waals surface area contributed by atoms with Crippen molar-refractivity contribution in [2.75, 3.05) is 19.6 Å². The van der Waals surface area contributed by atoms with Gasteiger partial charge >= 0.3 is 0 Å². The van der Waals surface area contributed by atoms with E-state index in [1.165, 1.54) is 4.31 Å². The van der Waals surface area contributed by atoms with Crippen LogP contribution in [-0.4, -0.2) is 32.4 Å². The molecule has 5 nitrogen and oxygen atoms in total. The highest BCUT2D eigenvalue weighted by Crippen LogP contribution is 2.06. The van der Waals surface area contributed by atoms with Gasteiger partial charge in [-0.1, -0.05) is 38.1 Å². The lowest BCUT2D eigenvalue weighted by Gasteiger charge is -2.18. The summed E-state index contributed by atoms with van der Waals surface area (Å²) in [4.78, 5) is 0. The van der Waals surface area contributed by atoms with Crippen LogP contribution in [0.2, 0.25) is 0 Å². The molecule has 0 aliphatic carbocycles. The molecule has 0 radical (unpaired) electrons. The summed E-state index contributed by atoms with van der Waals surface area (Å²) in [5.41, 5.74) is 7.59. The smallest absolute Gasteiger partial charge is 0.279 e. The zero-order valence-electron chi connectivity index (χ0n) is 11.6. The first-order chi connectivity index (χ1) is 9.03. The molecule has 0 aliphatic rings. The first kappa shape index (κ1) is 16.1. The molecule has 0 saturated heterocycles. The first-order valence-electron chi connectivity index (χ1n) is 6.56. The average molecular weight is 285 g/mol. The maximum atomic E-state index is 11.9. The quantitative estimate of drug-likeness (QED) is 0.744. The normalized spacial score (nSPS) is 12.0. The largest absolute Gasteiger partial charge is 0.330 e. The van der Waals surface area contributed by atoms with E-state index in [4.69, 9.17) is 5.73 Å². The van der Waals surface area contributed by atoms with Crippen LogP contribution in [0.15, 0.2) is 24.3 Å². The maximum absolute atomic E-state index is 11.9. The third-order valence-corrected chi connectivity index (χ3v) is 4.67. The van der Waals surface area contributed by atoms with E-state index < -0.39 is 10.2 Å². The van der Waals surface area contributed by atoms with Gasteiger partial charge in [-0.2, -0.15) is 17.4 Å². The van der Waals surface area contributed by atoms with Crippen LogP contribution < -0.4 is 10.5 Å². The van der Waals surface area contributed by atoms with Crippen LogP contribution in [0, 0.1) is 0 Å². The van der Waals surface area contributed by atoms with E-state index in [1.54, 1.807) is 0 Å². The van der Waals surface area contributed by atoms with E-state index in [0.717, 1.165) is 17.5 Å². The van der Waals surface area contributed by atoms with Gasteiger partial charge < -0.3 is 5.73 Å². The van der Waals surface area contributed by atoms with Gasteiger partial charge in [-0.25, -0.2) is 0 Å². The molecule has 0 heterocycles. The number of nitrogens with zero attached hydrogens (tertiary/aromatic N) is 1. The van der Waals surface area contributed by atoms with E-state index >= 15 is 0 Å². The summed E-state index contributed by atoms with van der Waals surface area (Å²) in [6.07, 6.45) is 0.839. The molecule has 0 unspecified atom stereocenters. The van der Waals surface area contributed by atoms with Gasteiger partial charge in [0.1, 0.15) is 0 Å². The van der Waals surface area contributed by atoms with E-state index in [0.29, 0.717) is 26.2 Å². The van der Waals surface area contributed by atoms with Crippen molar-refractivity contribution in [2.24, 2.45) is 5.73 Å². The lowest BCUT2D eigenvalue weighted by atomic mass is 10.1. The lowest BCUT2D eigenvalue weighted by Crippen LogP contribution is -2.40. The molecule has 108 valence electrons. The molecule has 19 heavy (non-hydrogen) atoms. The highest BCUT2D eigenvalue weighted by molar-refractivity contribution is 7.87. The molecule has 0 saturated carbocycles. The highest BCUT2D eigenvalue weighted by Gasteiger charge is 2.17. The van der Waals surface area contributed by atoms with Crippen molar-refractivity contribution in [2.45, 2.75) is 26.8 Å². The summed E-state index contributed by atoms with van der Waals surface area (Å²) in [5, 5.41) is 0. The average Bonchev–Trinajstić information content (AvgIpc) is 2.39. The van der Waals surface area contributed by atoms with Gasteiger partial charge in [0.2, 0.25) is 0 Å². The number of nitrogens with one attached hydrogen (secondary N) is 1. The maximum Gasteiger partial charge on any atom is 0.279 e. The number of nitrogens with two attached hydrogens (primary N) is 1. The summed E-state index contributed by atoms with van der Waals surface area (Å²) in [6.45, 7) is 5.52. The van der Waals surface area contributed by atoms with E-state index in [-0.39, 0.29) is 0 Å². The monoisotopic (exact) mass is 285 g/mol. The number of benzene rings is 1. The fourth-order valence-corrected chi connectivity index (χ4v) is 3.03. The summed E-state index contributed by atoms with van der Waals surface area (Å²) in [7, 11) is -3.38. The second-order valence-electron chi connectivity index (χ2n) is 4.27. The third-order valence-electron chi connectivity index (χ3n) is 2.96. The Kier molecular flexibility index (Phi) is 6.44. The molecule has 0 fully saturated rings. The Balaban J connectivity index is 2.61. The topological polar surface area (TPSA) is 75.4 Å². The zero-order valence-corrected chi connectivity index (χ0v) is 12.4. The molecule has 0 aromatic heterocycles. The van der Waals surface area contributed by atoms with Crippen molar-refractivity contribution in [1.82, 2.24) is 9.03 Å². The molecule has 0 atom stereocenters. The molecule has 1 aromatic carbocycles. The second kappa shape index (κ2) is 7.59. The van der Waals surface area contributed by atoms with Crippen LogP contribution in [0.1, 0.15) is 25.0 Å². The second-order valence-corrected chi connectivity index (χ2v) is 6.02. The van der Waals surface area contributed by atoms with Gasteiger partial charge in [-0.3, -0.25) is 0 Å². The molecule has 0 amide bonds. The van der Waals surface area contributed by atoms with Crippen LogP contribution in [0.3, 0.4) is 0 Å². The molecule has 1 aromatic rings. The fourth-order valence-electron chi connectivity index (χ4n) is 1.82. The predicted molar refractivity (Wildman–Crippen MR) is 77.9 cm³/mol. The third kappa shape index (κ3) is 4.91. The molecule has 0 bridgehead atoms. The Labute approximate surface area is 116 Å². The molecular formula is C13H23N3O2S. The Morgan fingerprint density at radius 1 is 1.11 bits per heavy atom. The van der Waals surface area contributed by atoms with Crippen LogP contribution in [-0.2, 0) is 23.2 Å². The van der Waals surface area contributed by atoms with Crippen molar-refractivity contribution < 1.29 is 8.42 Å². The Bertz CT molecular complexity index is 467. The number of hydrogen-bond acceptors (Lipinski definition) is 3. The number of rotatable bonds is 8. The molecule has 1 rings (SSSR count). The van der Waals surface area contributed by atoms with Gasteiger partial charge in [-0.05, 0) is 24.1 Å². The van der Waals surface area contributed by atoms with Gasteiger partial charge in [0.25, 0.3) is 10.2 Å². The van der Waals surface area contributed by atoms with Gasteiger partial charge in [0, 0.05) is 19.6 Å². The van der Waals surface area contributed by atoms with Crippen LogP contribution in [0.5, 0.6) is 0 Å². The predicted octanol–water partition coefficient (Wildman–Crippen LogP) is 0.864. The van der Waals surface area contributed by atoms with Gasteiger partial charge in [-0.15, -0.1) is 0 Å². The van der Waals surface area contributed by atoms with E-state index in [2.05, 4.69) is 4.72 Å². The van der Waals surface area contributed by atoms with Crippen LogP contribution in [0.4, 0.5) is 0 Å². The van der Waals surface area contributed by atoms with Crippen molar-refractivity contribution in [1.29, 1.82) is 0 Å². The summed E-state index contributed by atoms with van der Waals surface area (Å²) >= 11 is 0. The zero-order chi connectivity index (χ0) is 14.3. The van der Waals surface area contributed by atoms with Crippen molar-refractivity contribution >= 4 is 10.2 Å². The van der Waals surface area contributed by atoms with Crippen LogP contribution >= 0.6 is 0 Å². The molecular weight excluding hydrogens is 262 g/mol. The van der Waals surface area contributed by atoms with Crippen LogP contribution in [0.25, 0.3) is 0 Å². The van der Waals surface area contributed by atoms with Gasteiger partial charge in [0.05, 0.1) is 0 Å². The Morgan fingerprint density at radius 2 is 1.63 bits per heavy atom. The fraction of sp³-hybridized carbons (Fsp3) is 0.538. The standard InChI is InChI=1S/C13H23N3O2S/c1-3-16(4-2)19(17,18)15-11-13-7-5-12(6-8-13)9-10-14/h5-8,15H,3-4,9-11,14H2,1-2H3. The minimum atomic E-state index is -3.38. The van der Waals surface area contributed by atoms with Crippen molar-refractivity contribution in [3.63, 3.8) is 0 Å². The summed E-state index contributed by atoms with van der Waals surface area (Å²) in [6, 6.07) is 7.81. The molecule has 3 N–H and O–H groups in total. The SMILES string of the molecule is CCN(CC)S(=O)(=O)NCc1ccc(CCN)cc1. The molecule has 0 aliphatic heterocycles. The van der Waals surface area contributed by atoms with Crippen molar-refractivity contribution in [3.05, 3.63) is 35.4 Å². The van der Waals surface area contributed by atoms with Crippen molar-refractivity contribution in [3.8, 4) is 0 Å². The Hall–Kier alpha value is -0.950. The van der Waals surface area contributed by atoms with E-state index in [9.17, 15) is 8.42 Å². The number of hydrogen-bond donors (Lipinski definition) is 2.